The van der Waals surface area contributed by atoms with Gasteiger partial charge < -0.3 is 4.74 Å². The third-order valence-electron chi connectivity index (χ3n) is 5.42. The van der Waals surface area contributed by atoms with Crippen LogP contribution in [-0.4, -0.2) is 7.11 Å². The van der Waals surface area contributed by atoms with E-state index in [2.05, 4.69) is 116 Å². The van der Waals surface area contributed by atoms with E-state index >= 15 is 0 Å². The Labute approximate surface area is 174 Å². The number of methoxy groups -OCH3 is 1. The summed E-state index contributed by atoms with van der Waals surface area (Å²) in [6, 6.07) is 39.7. The summed E-state index contributed by atoms with van der Waals surface area (Å²) < 4.78 is 5.38. The third-order valence-corrected chi connectivity index (χ3v) is 9.77. The molecule has 4 aromatic carbocycles. The largest absolute Gasteiger partial charge is 0.497 e. The van der Waals surface area contributed by atoms with Gasteiger partial charge in [-0.2, -0.15) is 0 Å². The van der Waals surface area contributed by atoms with Crippen molar-refractivity contribution >= 4 is 23.2 Å². The monoisotopic (exact) mass is 397 g/mol. The molecular formula is C27H26OP+. The van der Waals surface area contributed by atoms with E-state index in [1.54, 1.807) is 7.11 Å². The molecule has 4 aromatic rings. The molecule has 0 unspecified atom stereocenters. The highest BCUT2D eigenvalue weighted by molar-refractivity contribution is 7.95. The van der Waals surface area contributed by atoms with Crippen LogP contribution in [0.1, 0.15) is 11.1 Å². The first-order valence-corrected chi connectivity index (χ1v) is 11.9. The van der Waals surface area contributed by atoms with Crippen LogP contribution >= 0.6 is 7.26 Å². The number of hydrogen-bond acceptors (Lipinski definition) is 1. The van der Waals surface area contributed by atoms with Crippen molar-refractivity contribution in [3.8, 4) is 5.75 Å². The van der Waals surface area contributed by atoms with Crippen LogP contribution in [0.5, 0.6) is 5.75 Å². The Morgan fingerprint density at radius 2 is 1.17 bits per heavy atom. The molecule has 0 N–H and O–H groups in total. The second-order valence-corrected chi connectivity index (χ2v) is 10.8. The maximum atomic E-state index is 5.38. The molecule has 0 radical (unpaired) electrons. The summed E-state index contributed by atoms with van der Waals surface area (Å²) in [4.78, 5) is 0. The van der Waals surface area contributed by atoms with E-state index in [0.29, 0.717) is 0 Å². The van der Waals surface area contributed by atoms with Gasteiger partial charge in [0.1, 0.15) is 28.9 Å². The Bertz CT molecular complexity index is 1020. The van der Waals surface area contributed by atoms with Gasteiger partial charge in [-0.3, -0.25) is 0 Å². The summed E-state index contributed by atoms with van der Waals surface area (Å²) in [7, 11) is -0.151. The first kappa shape index (κ1) is 19.4. The normalized spacial score (nSPS) is 11.2. The minimum absolute atomic E-state index is 0.896. The van der Waals surface area contributed by atoms with Gasteiger partial charge in [0.25, 0.3) is 0 Å². The predicted molar refractivity (Wildman–Crippen MR) is 127 cm³/mol. The van der Waals surface area contributed by atoms with E-state index in [1.807, 2.05) is 0 Å². The minimum Gasteiger partial charge on any atom is -0.497 e. The highest BCUT2D eigenvalue weighted by Crippen LogP contribution is 2.58. The average Bonchev–Trinajstić information content (AvgIpc) is 2.79. The van der Waals surface area contributed by atoms with Gasteiger partial charge in [-0.15, -0.1) is 0 Å². The first-order valence-electron chi connectivity index (χ1n) is 9.92. The van der Waals surface area contributed by atoms with E-state index in [-0.39, 0.29) is 0 Å². The number of hydrogen-bond donors (Lipinski definition) is 0. The van der Waals surface area contributed by atoms with Crippen molar-refractivity contribution in [3.63, 3.8) is 0 Å². The van der Waals surface area contributed by atoms with Crippen LogP contribution < -0.4 is 20.7 Å². The van der Waals surface area contributed by atoms with Gasteiger partial charge >= 0.3 is 0 Å². The van der Waals surface area contributed by atoms with Crippen molar-refractivity contribution in [1.82, 2.24) is 0 Å². The molecule has 2 heteroatoms. The van der Waals surface area contributed by atoms with E-state index < -0.39 is 7.26 Å². The predicted octanol–water partition coefficient (Wildman–Crippen LogP) is 5.50. The smallest absolute Gasteiger partial charge is 0.118 e. The molecule has 29 heavy (non-hydrogen) atoms. The van der Waals surface area contributed by atoms with Gasteiger partial charge in [0.15, 0.2) is 0 Å². The number of aryl methyl sites for hydroxylation is 1. The highest BCUT2D eigenvalue weighted by atomic mass is 31.2. The van der Waals surface area contributed by atoms with Crippen molar-refractivity contribution in [2.75, 3.05) is 7.11 Å². The maximum absolute atomic E-state index is 5.38. The second kappa shape index (κ2) is 8.64. The van der Waals surface area contributed by atoms with Crippen molar-refractivity contribution in [2.45, 2.75) is 13.1 Å². The lowest BCUT2D eigenvalue weighted by atomic mass is 10.2. The van der Waals surface area contributed by atoms with Crippen LogP contribution in [0.15, 0.2) is 109 Å². The quantitative estimate of drug-likeness (QED) is 0.391. The molecule has 0 aliphatic rings. The molecule has 0 fully saturated rings. The molecule has 0 saturated carbocycles. The fourth-order valence-corrected chi connectivity index (χ4v) is 8.28. The molecule has 0 aromatic heterocycles. The molecular weight excluding hydrogens is 371 g/mol. The van der Waals surface area contributed by atoms with Crippen LogP contribution in [0.25, 0.3) is 0 Å². The molecule has 0 aliphatic carbocycles. The SMILES string of the molecule is COc1ccc(C[P+](c2ccccc2)(c2ccccc2)c2cccc(C)c2)cc1. The number of ether oxygens (including phenoxy) is 1. The van der Waals surface area contributed by atoms with Gasteiger partial charge in [-0.25, -0.2) is 0 Å². The molecule has 0 heterocycles. The van der Waals surface area contributed by atoms with Crippen LogP contribution in [0.3, 0.4) is 0 Å². The van der Waals surface area contributed by atoms with Gasteiger partial charge in [-0.05, 0) is 66.6 Å². The van der Waals surface area contributed by atoms with E-state index in [0.717, 1.165) is 11.9 Å². The topological polar surface area (TPSA) is 9.23 Å². The summed E-state index contributed by atoms with van der Waals surface area (Å²) in [5.41, 5.74) is 2.63. The summed E-state index contributed by atoms with van der Waals surface area (Å²) >= 11 is 0. The minimum atomic E-state index is -1.87. The molecule has 1 nitrogen and oxygen atoms in total. The zero-order valence-electron chi connectivity index (χ0n) is 17.0. The lowest BCUT2D eigenvalue weighted by Gasteiger charge is -2.28. The van der Waals surface area contributed by atoms with E-state index in [1.165, 1.54) is 27.0 Å². The Hall–Kier alpha value is -2.89. The molecule has 0 spiro atoms. The van der Waals surface area contributed by atoms with Crippen molar-refractivity contribution in [1.29, 1.82) is 0 Å². The first-order chi connectivity index (χ1) is 14.2. The Kier molecular flexibility index (Phi) is 5.79. The standard InChI is InChI=1S/C27H26OP/c1-22-10-9-15-27(20-22)29(25-11-5-3-6-12-25,26-13-7-4-8-14-26)21-23-16-18-24(28-2)19-17-23/h3-20H,21H2,1-2H3/q+1. The van der Waals surface area contributed by atoms with Crippen LogP contribution in [0.2, 0.25) is 0 Å². The second-order valence-electron chi connectivity index (χ2n) is 7.33. The molecule has 0 amide bonds. The lowest BCUT2D eigenvalue weighted by Crippen LogP contribution is -2.32. The zero-order chi connectivity index (χ0) is 20.1. The van der Waals surface area contributed by atoms with Crippen LogP contribution in [-0.2, 0) is 6.16 Å². The number of benzene rings is 4. The molecule has 0 atom stereocenters. The fourth-order valence-electron chi connectivity index (χ4n) is 3.96. The number of rotatable bonds is 6. The molecule has 144 valence electrons. The summed E-state index contributed by atoms with van der Waals surface area (Å²) in [5.74, 6) is 0.896. The zero-order valence-corrected chi connectivity index (χ0v) is 17.8. The Morgan fingerprint density at radius 1 is 0.621 bits per heavy atom. The van der Waals surface area contributed by atoms with Gasteiger partial charge in [0.05, 0.1) is 13.3 Å². The molecule has 0 aliphatic heterocycles. The summed E-state index contributed by atoms with van der Waals surface area (Å²) in [5, 5.41) is 4.24. The van der Waals surface area contributed by atoms with Crippen LogP contribution in [0, 0.1) is 6.92 Å². The fraction of sp³-hybridized carbons (Fsp3) is 0.111. The Balaban J connectivity index is 1.97. The van der Waals surface area contributed by atoms with Crippen molar-refractivity contribution in [2.24, 2.45) is 0 Å². The van der Waals surface area contributed by atoms with E-state index in [4.69, 9.17) is 4.74 Å². The Morgan fingerprint density at radius 3 is 1.69 bits per heavy atom. The molecule has 0 saturated heterocycles. The third kappa shape index (κ3) is 3.97. The van der Waals surface area contributed by atoms with E-state index in [9.17, 15) is 0 Å². The molecule has 0 bridgehead atoms. The van der Waals surface area contributed by atoms with Crippen molar-refractivity contribution < 1.29 is 4.74 Å². The molecule has 4 rings (SSSR count). The lowest BCUT2D eigenvalue weighted by molar-refractivity contribution is 0.414. The van der Waals surface area contributed by atoms with Crippen molar-refractivity contribution in [3.05, 3.63) is 120 Å². The van der Waals surface area contributed by atoms with Gasteiger partial charge in [-0.1, -0.05) is 60.7 Å². The average molecular weight is 397 g/mol. The highest BCUT2D eigenvalue weighted by Gasteiger charge is 2.45. The maximum Gasteiger partial charge on any atom is 0.118 e. The van der Waals surface area contributed by atoms with Gasteiger partial charge in [0, 0.05) is 0 Å². The van der Waals surface area contributed by atoms with Crippen LogP contribution in [0.4, 0.5) is 0 Å². The van der Waals surface area contributed by atoms with Gasteiger partial charge in [0.2, 0.25) is 0 Å². The summed E-state index contributed by atoms with van der Waals surface area (Å²) in [6.45, 7) is 2.18. The summed E-state index contributed by atoms with van der Waals surface area (Å²) in [6.07, 6.45) is 0.981.